The maximum Gasteiger partial charge on any atom is 0.230 e. The molecule has 3 aromatic rings. The van der Waals surface area contributed by atoms with Crippen LogP contribution in [0.4, 0.5) is 0 Å². The third kappa shape index (κ3) is 5.47. The van der Waals surface area contributed by atoms with Gasteiger partial charge in [0.2, 0.25) is 5.91 Å². The van der Waals surface area contributed by atoms with Crippen molar-refractivity contribution >= 4 is 33.6 Å². The van der Waals surface area contributed by atoms with E-state index in [4.69, 9.17) is 0 Å². The number of benzene rings is 2. The lowest BCUT2D eigenvalue weighted by Crippen LogP contribution is -2.25. The first kappa shape index (κ1) is 19.7. The number of thioether (sulfide) groups is 1. The van der Waals surface area contributed by atoms with Crippen molar-refractivity contribution in [1.82, 2.24) is 15.1 Å². The molecule has 0 saturated carbocycles. The number of nitrogens with one attached hydrogen (secondary N) is 1. The molecule has 27 heavy (non-hydrogen) atoms. The van der Waals surface area contributed by atoms with E-state index in [2.05, 4.69) is 45.4 Å². The minimum Gasteiger partial charge on any atom is -0.351 e. The number of hydrogen-bond acceptors (Lipinski definition) is 3. The molecule has 1 heterocycles. The molecule has 140 valence electrons. The summed E-state index contributed by atoms with van der Waals surface area (Å²) in [6.45, 7) is 5.29. The van der Waals surface area contributed by atoms with Gasteiger partial charge < -0.3 is 5.32 Å². The smallest absolute Gasteiger partial charge is 0.230 e. The Hall–Kier alpha value is -2.05. The number of carbonyl (C=O) groups excluding carboxylic acids is 1. The van der Waals surface area contributed by atoms with Crippen molar-refractivity contribution in [1.29, 1.82) is 0 Å². The van der Waals surface area contributed by atoms with Gasteiger partial charge in [0.15, 0.2) is 0 Å². The third-order valence-corrected chi connectivity index (χ3v) is 5.82. The third-order valence-electron chi connectivity index (χ3n) is 4.33. The average molecular weight is 444 g/mol. The van der Waals surface area contributed by atoms with E-state index >= 15 is 0 Å². The van der Waals surface area contributed by atoms with Crippen LogP contribution in [-0.4, -0.2) is 21.4 Å². The molecule has 1 aromatic heterocycles. The Morgan fingerprint density at radius 1 is 1.15 bits per heavy atom. The summed E-state index contributed by atoms with van der Waals surface area (Å²) in [5.74, 6) is 0.418. The summed E-state index contributed by atoms with van der Waals surface area (Å²) in [6.07, 6.45) is 0. The molecule has 0 fully saturated rings. The normalized spacial score (nSPS) is 10.8. The summed E-state index contributed by atoms with van der Waals surface area (Å²) in [6, 6.07) is 18.2. The van der Waals surface area contributed by atoms with Gasteiger partial charge in [-0.2, -0.15) is 5.10 Å². The van der Waals surface area contributed by atoms with Crippen LogP contribution in [0.2, 0.25) is 0 Å². The fourth-order valence-electron chi connectivity index (χ4n) is 2.84. The predicted molar refractivity (Wildman–Crippen MR) is 114 cm³/mol. The van der Waals surface area contributed by atoms with Crippen LogP contribution >= 0.6 is 27.7 Å². The Bertz CT molecular complexity index is 924. The van der Waals surface area contributed by atoms with Gasteiger partial charge in [-0.15, -0.1) is 11.8 Å². The number of hydrogen-bond donors (Lipinski definition) is 1. The maximum absolute atomic E-state index is 12.2. The Labute approximate surface area is 172 Å². The van der Waals surface area contributed by atoms with Gasteiger partial charge in [0, 0.05) is 27.2 Å². The van der Waals surface area contributed by atoms with Gasteiger partial charge in [0.1, 0.15) is 0 Å². The largest absolute Gasteiger partial charge is 0.351 e. The van der Waals surface area contributed by atoms with Crippen LogP contribution in [0.25, 0.3) is 0 Å². The summed E-state index contributed by atoms with van der Waals surface area (Å²) >= 11 is 4.98. The molecule has 0 aliphatic heterocycles. The Morgan fingerprint density at radius 2 is 1.93 bits per heavy atom. The molecule has 1 N–H and O–H groups in total. The SMILES string of the molecule is Cc1nn(Cc2ccccc2)c(C)c1CNC(=O)CSc1cccc(Br)c1. The summed E-state index contributed by atoms with van der Waals surface area (Å²) in [7, 11) is 0. The van der Waals surface area contributed by atoms with Crippen molar-refractivity contribution in [2.24, 2.45) is 0 Å². The van der Waals surface area contributed by atoms with E-state index in [0.717, 1.165) is 32.9 Å². The van der Waals surface area contributed by atoms with Crippen LogP contribution in [0.1, 0.15) is 22.5 Å². The minimum atomic E-state index is 0.0228. The van der Waals surface area contributed by atoms with Crippen molar-refractivity contribution in [2.45, 2.75) is 31.8 Å². The molecular weight excluding hydrogens is 422 g/mol. The molecule has 0 aliphatic rings. The molecule has 3 rings (SSSR count). The van der Waals surface area contributed by atoms with Gasteiger partial charge in [0.25, 0.3) is 0 Å². The lowest BCUT2D eigenvalue weighted by Gasteiger charge is -2.08. The average Bonchev–Trinajstić information content (AvgIpc) is 2.92. The van der Waals surface area contributed by atoms with E-state index in [1.54, 1.807) is 0 Å². The summed E-state index contributed by atoms with van der Waals surface area (Å²) in [4.78, 5) is 13.3. The molecule has 1 amide bonds. The zero-order valence-electron chi connectivity index (χ0n) is 15.4. The van der Waals surface area contributed by atoms with E-state index < -0.39 is 0 Å². The van der Waals surface area contributed by atoms with Crippen molar-refractivity contribution in [3.8, 4) is 0 Å². The fourth-order valence-corrected chi connectivity index (χ4v) is 4.18. The number of carbonyl (C=O) groups is 1. The second-order valence-electron chi connectivity index (χ2n) is 6.32. The van der Waals surface area contributed by atoms with Gasteiger partial charge in [-0.05, 0) is 37.6 Å². The van der Waals surface area contributed by atoms with Crippen molar-refractivity contribution in [2.75, 3.05) is 5.75 Å². The van der Waals surface area contributed by atoms with Crippen LogP contribution in [-0.2, 0) is 17.9 Å². The number of halogens is 1. The standard InChI is InChI=1S/C21H22BrN3OS/c1-15-20(16(2)25(24-15)13-17-7-4-3-5-8-17)12-23-21(26)14-27-19-10-6-9-18(22)11-19/h3-11H,12-14H2,1-2H3,(H,23,26). The van der Waals surface area contributed by atoms with Gasteiger partial charge in [-0.3, -0.25) is 9.48 Å². The highest BCUT2D eigenvalue weighted by Crippen LogP contribution is 2.21. The first-order chi connectivity index (χ1) is 13.0. The van der Waals surface area contributed by atoms with Gasteiger partial charge in [0.05, 0.1) is 18.0 Å². The zero-order valence-corrected chi connectivity index (χ0v) is 17.8. The van der Waals surface area contributed by atoms with Crippen molar-refractivity contribution in [3.63, 3.8) is 0 Å². The summed E-state index contributed by atoms with van der Waals surface area (Å²) in [5.41, 5.74) is 4.36. The van der Waals surface area contributed by atoms with Gasteiger partial charge in [-0.1, -0.05) is 52.3 Å². The highest BCUT2D eigenvalue weighted by atomic mass is 79.9. The quantitative estimate of drug-likeness (QED) is 0.537. The second kappa shape index (κ2) is 9.24. The number of nitrogens with zero attached hydrogens (tertiary/aromatic N) is 2. The minimum absolute atomic E-state index is 0.0228. The van der Waals surface area contributed by atoms with Crippen LogP contribution < -0.4 is 5.32 Å². The second-order valence-corrected chi connectivity index (χ2v) is 8.28. The van der Waals surface area contributed by atoms with Gasteiger partial charge in [-0.25, -0.2) is 0 Å². The molecule has 0 unspecified atom stereocenters. The first-order valence-corrected chi connectivity index (χ1v) is 10.5. The molecular formula is C21H22BrN3OS. The molecule has 6 heteroatoms. The molecule has 2 aromatic carbocycles. The van der Waals surface area contributed by atoms with Crippen LogP contribution in [0.5, 0.6) is 0 Å². The molecule has 0 atom stereocenters. The Morgan fingerprint density at radius 3 is 2.67 bits per heavy atom. The molecule has 4 nitrogen and oxygen atoms in total. The monoisotopic (exact) mass is 443 g/mol. The van der Waals surface area contributed by atoms with E-state index in [-0.39, 0.29) is 5.91 Å². The molecule has 0 spiro atoms. The molecule has 0 radical (unpaired) electrons. The maximum atomic E-state index is 12.2. The number of rotatable bonds is 7. The Kier molecular flexibility index (Phi) is 6.74. The Balaban J connectivity index is 1.56. The fraction of sp³-hybridized carbons (Fsp3) is 0.238. The molecule has 0 bridgehead atoms. The predicted octanol–water partition coefficient (Wildman–Crippen LogP) is 4.72. The summed E-state index contributed by atoms with van der Waals surface area (Å²) < 4.78 is 3.02. The van der Waals surface area contributed by atoms with Crippen LogP contribution in [0, 0.1) is 13.8 Å². The number of amides is 1. The lowest BCUT2D eigenvalue weighted by molar-refractivity contribution is -0.118. The van der Waals surface area contributed by atoms with E-state index in [1.165, 1.54) is 17.3 Å². The highest BCUT2D eigenvalue weighted by Gasteiger charge is 2.13. The van der Waals surface area contributed by atoms with Crippen LogP contribution in [0.3, 0.4) is 0 Å². The lowest BCUT2D eigenvalue weighted by atomic mass is 10.2. The summed E-state index contributed by atoms with van der Waals surface area (Å²) in [5, 5.41) is 7.66. The molecule has 0 saturated heterocycles. The highest BCUT2D eigenvalue weighted by molar-refractivity contribution is 9.10. The topological polar surface area (TPSA) is 46.9 Å². The van der Waals surface area contributed by atoms with Crippen molar-refractivity contribution < 1.29 is 4.79 Å². The van der Waals surface area contributed by atoms with E-state index in [1.807, 2.05) is 54.1 Å². The first-order valence-electron chi connectivity index (χ1n) is 8.75. The van der Waals surface area contributed by atoms with E-state index in [9.17, 15) is 4.79 Å². The molecule has 0 aliphatic carbocycles. The van der Waals surface area contributed by atoms with E-state index in [0.29, 0.717) is 12.3 Å². The van der Waals surface area contributed by atoms with Gasteiger partial charge >= 0.3 is 0 Å². The van der Waals surface area contributed by atoms with Crippen molar-refractivity contribution in [3.05, 3.63) is 81.6 Å². The zero-order chi connectivity index (χ0) is 19.2. The number of aromatic nitrogens is 2. The number of aryl methyl sites for hydroxylation is 1. The van der Waals surface area contributed by atoms with Crippen LogP contribution in [0.15, 0.2) is 64.0 Å².